The van der Waals surface area contributed by atoms with E-state index in [1.807, 2.05) is 62.3 Å². The summed E-state index contributed by atoms with van der Waals surface area (Å²) in [6.45, 7) is 5.36. The number of aromatic amines is 1. The summed E-state index contributed by atoms with van der Waals surface area (Å²) >= 11 is 1.47. The number of ether oxygens (including phenoxy) is 6. The summed E-state index contributed by atoms with van der Waals surface area (Å²) in [4.78, 5) is 34.8. The summed E-state index contributed by atoms with van der Waals surface area (Å²) < 4.78 is 35.9. The molecule has 0 unspecified atom stereocenters. The first-order valence-corrected chi connectivity index (χ1v) is 22.7. The number of para-hydroxylation sites is 1. The Balaban J connectivity index is 0.000000394. The van der Waals surface area contributed by atoms with Gasteiger partial charge in [-0.1, -0.05) is 24.3 Å². The number of aliphatic hydroxyl groups is 2. The second-order valence-corrected chi connectivity index (χ2v) is 18.6. The molecule has 0 amide bonds. The molecule has 65 heavy (non-hydrogen) atoms. The number of aromatic nitrogens is 1. The SMILES string of the molecule is COc1cc2c(cc1O)CCN[C@]21CS[C@H]2c3c(OC(C)=O)c(C)c4c(c3[C@H](COC1=O)N1[C@@H]2[C@H]2c3c(cc(C)c(OC)c3O)C[C@@H]([C@@H]1O)N2C)OCO4.OCc1c[nH]c2ccccc12. The average molecular weight is 909 g/mol. The van der Waals surface area contributed by atoms with Gasteiger partial charge in [0.25, 0.3) is 0 Å². The van der Waals surface area contributed by atoms with E-state index >= 15 is 0 Å². The Morgan fingerprint density at radius 1 is 1.00 bits per heavy atom. The quantitative estimate of drug-likeness (QED) is 0.103. The highest BCUT2D eigenvalue weighted by atomic mass is 32.2. The highest BCUT2D eigenvalue weighted by Gasteiger charge is 2.61. The number of rotatable bonds is 4. The number of thioether (sulfide) groups is 1. The molecular formula is C48H52N4O12S. The molecular weight excluding hydrogens is 857 g/mol. The van der Waals surface area contributed by atoms with Crippen molar-refractivity contribution in [2.75, 3.05) is 47.0 Å². The summed E-state index contributed by atoms with van der Waals surface area (Å²) in [6.07, 6.45) is 1.81. The summed E-state index contributed by atoms with van der Waals surface area (Å²) in [6, 6.07) is 11.1. The molecule has 0 radical (unpaired) electrons. The zero-order valence-corrected chi connectivity index (χ0v) is 37.7. The third-order valence-electron chi connectivity index (χ3n) is 14.1. The van der Waals surface area contributed by atoms with Crippen molar-refractivity contribution in [3.8, 4) is 40.2 Å². The van der Waals surface area contributed by atoms with Crippen LogP contribution in [-0.4, -0.2) is 112 Å². The van der Waals surface area contributed by atoms with Crippen LogP contribution in [0, 0.1) is 13.8 Å². The number of methoxy groups -OCH3 is 2. The Hall–Kier alpha value is -5.69. The minimum atomic E-state index is -1.36. The maximum Gasteiger partial charge on any atom is 0.331 e. The van der Waals surface area contributed by atoms with Crippen LogP contribution in [0.2, 0.25) is 0 Å². The van der Waals surface area contributed by atoms with Crippen LogP contribution >= 0.6 is 11.8 Å². The zero-order chi connectivity index (χ0) is 45.6. The number of carbonyl (C=O) groups is 2. The molecule has 7 atom stereocenters. The molecule has 16 nitrogen and oxygen atoms in total. The number of aliphatic hydroxyl groups excluding tert-OH is 2. The minimum Gasteiger partial charge on any atom is -0.504 e. The number of nitrogens with zero attached hydrogens (tertiary/aromatic N) is 2. The van der Waals surface area contributed by atoms with Gasteiger partial charge in [-0.25, -0.2) is 4.79 Å². The summed E-state index contributed by atoms with van der Waals surface area (Å²) in [7, 11) is 4.96. The molecule has 4 aromatic carbocycles. The van der Waals surface area contributed by atoms with Gasteiger partial charge in [0, 0.05) is 70.2 Å². The molecule has 6 N–H and O–H groups in total. The smallest absolute Gasteiger partial charge is 0.331 e. The van der Waals surface area contributed by atoms with Crippen molar-refractivity contribution >= 4 is 34.6 Å². The van der Waals surface area contributed by atoms with Gasteiger partial charge < -0.3 is 53.8 Å². The number of nitrogens with one attached hydrogen (secondary N) is 2. The highest BCUT2D eigenvalue weighted by molar-refractivity contribution is 7.99. The van der Waals surface area contributed by atoms with Gasteiger partial charge >= 0.3 is 11.9 Å². The van der Waals surface area contributed by atoms with Crippen molar-refractivity contribution in [3.63, 3.8) is 0 Å². The number of carbonyl (C=O) groups excluding carboxylic acids is 2. The number of hydrogen-bond acceptors (Lipinski definition) is 16. The van der Waals surface area contributed by atoms with Gasteiger partial charge in [0.1, 0.15) is 18.6 Å². The van der Waals surface area contributed by atoms with Gasteiger partial charge in [0.2, 0.25) is 6.79 Å². The molecule has 0 aliphatic carbocycles. The fraction of sp³-hybridized carbons (Fsp3) is 0.417. The predicted molar refractivity (Wildman–Crippen MR) is 239 cm³/mol. The van der Waals surface area contributed by atoms with Crippen molar-refractivity contribution in [2.24, 2.45) is 0 Å². The number of fused-ring (bicyclic) bond motifs is 10. The first kappa shape index (κ1) is 43.2. The first-order chi connectivity index (χ1) is 31.3. The molecule has 2 saturated heterocycles. The lowest BCUT2D eigenvalue weighted by Gasteiger charge is -2.62. The van der Waals surface area contributed by atoms with Crippen molar-refractivity contribution in [1.29, 1.82) is 0 Å². The van der Waals surface area contributed by atoms with E-state index in [2.05, 4.69) is 15.2 Å². The van der Waals surface area contributed by atoms with Gasteiger partial charge in [-0.2, -0.15) is 0 Å². The summed E-state index contributed by atoms with van der Waals surface area (Å²) in [5.41, 5.74) is 6.40. The van der Waals surface area contributed by atoms with E-state index in [4.69, 9.17) is 33.5 Å². The van der Waals surface area contributed by atoms with Crippen LogP contribution in [0.3, 0.4) is 0 Å². The maximum absolute atomic E-state index is 14.7. The average Bonchev–Trinajstić information content (AvgIpc) is 3.96. The largest absolute Gasteiger partial charge is 0.504 e. The number of likely N-dealkylation sites (N-methyl/N-ethyl adjacent to an activating group) is 1. The van der Waals surface area contributed by atoms with Crippen LogP contribution in [0.5, 0.6) is 40.2 Å². The van der Waals surface area contributed by atoms with Gasteiger partial charge in [0.15, 0.2) is 40.0 Å². The van der Waals surface area contributed by atoms with Gasteiger partial charge in [-0.05, 0) is 74.2 Å². The Morgan fingerprint density at radius 2 is 1.78 bits per heavy atom. The molecule has 342 valence electrons. The summed E-state index contributed by atoms with van der Waals surface area (Å²) in [5, 5.41) is 48.2. The van der Waals surface area contributed by atoms with Crippen LogP contribution in [0.25, 0.3) is 10.9 Å². The number of phenols is 2. The van der Waals surface area contributed by atoms with Crippen LogP contribution in [-0.2, 0) is 39.3 Å². The normalized spacial score (nSPS) is 26.2. The Labute approximate surface area is 379 Å². The topological polar surface area (TPSA) is 205 Å². The molecule has 7 aliphatic heterocycles. The van der Waals surface area contributed by atoms with E-state index in [0.717, 1.165) is 33.2 Å². The molecule has 1 spiro atoms. The standard InChI is InChI=1S/C39H43N3O11S.C9H9NO/c1-16-9-20-10-22-37(46)42-23-13-50-38(47)39(21-12-25(48-5)24(44)11-19(21)7-8-40-39)14-54-36(30(42)29(41(22)4)26(20)31(45)32(16)49-6)28-27(23)35-34(51-15-52-35)17(2)33(28)53-18(3)43;11-6-7-5-10-9-4-2-1-3-8(7)9/h9,11-12,22-23,29-30,36-37,40,44-46H,7-8,10,13-15H2,1-6H3;1-5,10-11H,6H2/t22-,23-,29+,30+,36-,37-,39+;/m0./s1. The van der Waals surface area contributed by atoms with E-state index in [1.165, 1.54) is 32.9 Å². The first-order valence-electron chi connectivity index (χ1n) is 21.6. The monoisotopic (exact) mass is 908 g/mol. The molecule has 5 aromatic rings. The lowest BCUT2D eigenvalue weighted by Crippen LogP contribution is -2.70. The molecule has 1 aromatic heterocycles. The number of aryl methyl sites for hydroxylation is 1. The van der Waals surface area contributed by atoms with E-state index in [9.17, 15) is 24.9 Å². The number of hydrogen-bond donors (Lipinski definition) is 6. The molecule has 7 aliphatic rings. The van der Waals surface area contributed by atoms with Crippen molar-refractivity contribution in [1.82, 2.24) is 20.1 Å². The molecule has 17 heteroatoms. The number of esters is 2. The molecule has 4 bridgehead atoms. The van der Waals surface area contributed by atoms with Crippen molar-refractivity contribution < 1.29 is 58.4 Å². The number of phenolic OH excluding ortho intramolecular Hbond substituents is 2. The third kappa shape index (κ3) is 6.53. The van der Waals surface area contributed by atoms with E-state index in [-0.39, 0.29) is 49.0 Å². The maximum atomic E-state index is 14.7. The van der Waals surface area contributed by atoms with Gasteiger partial charge in [-0.15, -0.1) is 11.8 Å². The lowest BCUT2D eigenvalue weighted by atomic mass is 9.73. The van der Waals surface area contributed by atoms with Crippen molar-refractivity contribution in [3.05, 3.63) is 98.7 Å². The van der Waals surface area contributed by atoms with E-state index in [1.54, 1.807) is 12.1 Å². The number of aromatic hydroxyl groups is 2. The number of benzene rings is 4. The third-order valence-corrected chi connectivity index (χ3v) is 15.6. The van der Waals surface area contributed by atoms with E-state index < -0.39 is 47.1 Å². The van der Waals surface area contributed by atoms with E-state index in [0.29, 0.717) is 70.2 Å². The Morgan fingerprint density at radius 3 is 2.54 bits per heavy atom. The predicted octanol–water partition coefficient (Wildman–Crippen LogP) is 5.07. The minimum absolute atomic E-state index is 0.0226. The second-order valence-electron chi connectivity index (χ2n) is 17.4. The molecule has 0 saturated carbocycles. The van der Waals surface area contributed by atoms with Crippen molar-refractivity contribution in [2.45, 2.75) is 81.4 Å². The van der Waals surface area contributed by atoms with Gasteiger partial charge in [-0.3, -0.25) is 19.9 Å². The zero-order valence-electron chi connectivity index (χ0n) is 36.9. The lowest BCUT2D eigenvalue weighted by molar-refractivity contribution is -0.186. The second kappa shape index (κ2) is 16.3. The summed E-state index contributed by atoms with van der Waals surface area (Å²) in [5.74, 6) is 0.949. The number of piperazine rings is 1. The molecule has 12 rings (SSSR count). The van der Waals surface area contributed by atoms with Crippen LogP contribution in [0.15, 0.2) is 48.7 Å². The molecule has 8 heterocycles. The molecule has 2 fully saturated rings. The Bertz CT molecular complexity index is 2760. The van der Waals surface area contributed by atoms with Gasteiger partial charge in [0.05, 0.1) is 44.2 Å². The number of H-pyrrole nitrogens is 1. The van der Waals surface area contributed by atoms with Crippen LogP contribution < -0.4 is 29.0 Å². The fourth-order valence-corrected chi connectivity index (χ4v) is 12.9. The van der Waals surface area contributed by atoms with Crippen LogP contribution in [0.1, 0.15) is 74.3 Å². The Kier molecular flexibility index (Phi) is 10.9. The van der Waals surface area contributed by atoms with Crippen LogP contribution in [0.4, 0.5) is 0 Å². The highest BCUT2D eigenvalue weighted by Crippen LogP contribution is 2.64. The fourth-order valence-electron chi connectivity index (χ4n) is 11.3.